The molecule has 0 spiro atoms. The van der Waals surface area contributed by atoms with Gasteiger partial charge in [-0.05, 0) is 49.1 Å². The molecule has 2 rings (SSSR count). The minimum absolute atomic E-state index is 0.153. The summed E-state index contributed by atoms with van der Waals surface area (Å²) in [6.45, 7) is 3.17. The largest absolute Gasteiger partial charge is 0.310 e. The first-order chi connectivity index (χ1) is 9.79. The number of benzene rings is 2. The molecule has 0 aliphatic rings. The van der Waals surface area contributed by atoms with E-state index in [4.69, 9.17) is 0 Å². The summed E-state index contributed by atoms with van der Waals surface area (Å²) in [5, 5.41) is 3.58. The van der Waals surface area contributed by atoms with E-state index in [-0.39, 0.29) is 5.82 Å². The summed E-state index contributed by atoms with van der Waals surface area (Å²) in [5.74, 6) is -0.153. The lowest BCUT2D eigenvalue weighted by molar-refractivity contribution is 0.498. The Kier molecular flexibility index (Phi) is 5.75. The van der Waals surface area contributed by atoms with Crippen molar-refractivity contribution in [1.82, 2.24) is 5.32 Å². The van der Waals surface area contributed by atoms with Crippen molar-refractivity contribution >= 4 is 0 Å². The van der Waals surface area contributed by atoms with Gasteiger partial charge in [0.05, 0.1) is 0 Å². The SMILES string of the molecule is CCCNC(CCc1cccc(F)c1)c1ccccc1. The van der Waals surface area contributed by atoms with Crippen LogP contribution in [0.15, 0.2) is 54.6 Å². The van der Waals surface area contributed by atoms with E-state index in [1.807, 2.05) is 12.1 Å². The predicted octanol–water partition coefficient (Wildman–Crippen LogP) is 4.50. The van der Waals surface area contributed by atoms with Gasteiger partial charge in [-0.1, -0.05) is 49.4 Å². The molecule has 2 heteroatoms. The molecule has 0 fully saturated rings. The van der Waals surface area contributed by atoms with Gasteiger partial charge in [0.2, 0.25) is 0 Å². The van der Waals surface area contributed by atoms with Crippen molar-refractivity contribution in [2.24, 2.45) is 0 Å². The molecule has 2 aromatic carbocycles. The van der Waals surface area contributed by atoms with Crippen LogP contribution < -0.4 is 5.32 Å². The van der Waals surface area contributed by atoms with E-state index in [0.29, 0.717) is 6.04 Å². The summed E-state index contributed by atoms with van der Waals surface area (Å²) in [4.78, 5) is 0. The molecule has 2 aromatic rings. The van der Waals surface area contributed by atoms with E-state index < -0.39 is 0 Å². The first-order valence-corrected chi connectivity index (χ1v) is 7.32. The maximum Gasteiger partial charge on any atom is 0.123 e. The van der Waals surface area contributed by atoms with Crippen molar-refractivity contribution < 1.29 is 4.39 Å². The minimum Gasteiger partial charge on any atom is -0.310 e. The van der Waals surface area contributed by atoms with Gasteiger partial charge in [-0.15, -0.1) is 0 Å². The second kappa shape index (κ2) is 7.81. The lowest BCUT2D eigenvalue weighted by Crippen LogP contribution is -2.22. The average molecular weight is 271 g/mol. The molecule has 0 radical (unpaired) electrons. The number of rotatable bonds is 7. The summed E-state index contributed by atoms with van der Waals surface area (Å²) in [6.07, 6.45) is 2.98. The highest BCUT2D eigenvalue weighted by Gasteiger charge is 2.10. The standard InChI is InChI=1S/C18H22FN/c1-2-13-20-18(16-8-4-3-5-9-16)12-11-15-7-6-10-17(19)14-15/h3-10,14,18,20H,2,11-13H2,1H3. The third-order valence-electron chi connectivity index (χ3n) is 3.45. The van der Waals surface area contributed by atoms with E-state index in [1.165, 1.54) is 11.6 Å². The van der Waals surface area contributed by atoms with Crippen LogP contribution in [0.3, 0.4) is 0 Å². The van der Waals surface area contributed by atoms with Crippen LogP contribution in [-0.2, 0) is 6.42 Å². The lowest BCUT2D eigenvalue weighted by atomic mass is 9.99. The first kappa shape index (κ1) is 14.7. The van der Waals surface area contributed by atoms with E-state index in [1.54, 1.807) is 12.1 Å². The van der Waals surface area contributed by atoms with Crippen molar-refractivity contribution in [3.63, 3.8) is 0 Å². The van der Waals surface area contributed by atoms with E-state index in [0.717, 1.165) is 31.4 Å². The van der Waals surface area contributed by atoms with Crippen molar-refractivity contribution in [2.45, 2.75) is 32.2 Å². The Morgan fingerprint density at radius 3 is 2.55 bits per heavy atom. The third kappa shape index (κ3) is 4.46. The minimum atomic E-state index is -0.153. The van der Waals surface area contributed by atoms with Crippen LogP contribution in [0.25, 0.3) is 0 Å². The Morgan fingerprint density at radius 1 is 1.05 bits per heavy atom. The van der Waals surface area contributed by atoms with Crippen LogP contribution >= 0.6 is 0 Å². The molecule has 1 atom stereocenters. The number of hydrogen-bond acceptors (Lipinski definition) is 1. The Labute approximate surface area is 120 Å². The highest BCUT2D eigenvalue weighted by molar-refractivity contribution is 5.21. The van der Waals surface area contributed by atoms with E-state index >= 15 is 0 Å². The monoisotopic (exact) mass is 271 g/mol. The van der Waals surface area contributed by atoms with Gasteiger partial charge in [0.25, 0.3) is 0 Å². The highest BCUT2D eigenvalue weighted by atomic mass is 19.1. The summed E-state index contributed by atoms with van der Waals surface area (Å²) in [5.41, 5.74) is 2.36. The fraction of sp³-hybridized carbons (Fsp3) is 0.333. The molecular formula is C18H22FN. The molecule has 0 saturated heterocycles. The van der Waals surface area contributed by atoms with Gasteiger partial charge >= 0.3 is 0 Å². The Hall–Kier alpha value is -1.67. The van der Waals surface area contributed by atoms with E-state index in [2.05, 4.69) is 36.5 Å². The van der Waals surface area contributed by atoms with Crippen molar-refractivity contribution in [3.8, 4) is 0 Å². The van der Waals surface area contributed by atoms with Gasteiger partial charge in [0.1, 0.15) is 5.82 Å². The van der Waals surface area contributed by atoms with Crippen LogP contribution in [0.2, 0.25) is 0 Å². The summed E-state index contributed by atoms with van der Waals surface area (Å²) in [6, 6.07) is 17.7. The summed E-state index contributed by atoms with van der Waals surface area (Å²) in [7, 11) is 0. The van der Waals surface area contributed by atoms with Crippen LogP contribution in [0.1, 0.15) is 36.9 Å². The topological polar surface area (TPSA) is 12.0 Å². The van der Waals surface area contributed by atoms with Crippen LogP contribution in [0, 0.1) is 5.82 Å². The Morgan fingerprint density at radius 2 is 1.85 bits per heavy atom. The lowest BCUT2D eigenvalue weighted by Gasteiger charge is -2.19. The van der Waals surface area contributed by atoms with E-state index in [9.17, 15) is 4.39 Å². The molecule has 1 unspecified atom stereocenters. The second-order valence-electron chi connectivity index (χ2n) is 5.09. The zero-order valence-corrected chi connectivity index (χ0v) is 12.0. The van der Waals surface area contributed by atoms with Gasteiger partial charge in [-0.25, -0.2) is 4.39 Å². The molecule has 0 amide bonds. The Bertz CT molecular complexity index is 510. The molecule has 0 heterocycles. The molecule has 20 heavy (non-hydrogen) atoms. The quantitative estimate of drug-likeness (QED) is 0.782. The second-order valence-corrected chi connectivity index (χ2v) is 5.09. The summed E-state index contributed by atoms with van der Waals surface area (Å²) >= 11 is 0. The average Bonchev–Trinajstić information content (AvgIpc) is 2.48. The van der Waals surface area contributed by atoms with Crippen LogP contribution in [0.4, 0.5) is 4.39 Å². The molecule has 0 aliphatic heterocycles. The molecule has 0 aromatic heterocycles. The fourth-order valence-corrected chi connectivity index (χ4v) is 2.39. The van der Waals surface area contributed by atoms with Gasteiger partial charge in [0.15, 0.2) is 0 Å². The first-order valence-electron chi connectivity index (χ1n) is 7.32. The number of hydrogen-bond donors (Lipinski definition) is 1. The zero-order chi connectivity index (χ0) is 14.2. The van der Waals surface area contributed by atoms with Crippen molar-refractivity contribution in [3.05, 3.63) is 71.5 Å². The predicted molar refractivity (Wildman–Crippen MR) is 82.2 cm³/mol. The van der Waals surface area contributed by atoms with Gasteiger partial charge in [-0.3, -0.25) is 0 Å². The maximum atomic E-state index is 13.2. The van der Waals surface area contributed by atoms with Crippen LogP contribution in [0.5, 0.6) is 0 Å². The zero-order valence-electron chi connectivity index (χ0n) is 12.0. The fourth-order valence-electron chi connectivity index (χ4n) is 2.39. The van der Waals surface area contributed by atoms with Gasteiger partial charge in [0, 0.05) is 6.04 Å². The smallest absolute Gasteiger partial charge is 0.123 e. The molecule has 1 nitrogen and oxygen atoms in total. The van der Waals surface area contributed by atoms with Gasteiger partial charge < -0.3 is 5.32 Å². The van der Waals surface area contributed by atoms with Gasteiger partial charge in [-0.2, -0.15) is 0 Å². The van der Waals surface area contributed by atoms with Crippen molar-refractivity contribution in [2.75, 3.05) is 6.54 Å². The third-order valence-corrected chi connectivity index (χ3v) is 3.45. The molecule has 0 aliphatic carbocycles. The Balaban J connectivity index is 2.01. The molecule has 0 saturated carbocycles. The summed E-state index contributed by atoms with van der Waals surface area (Å²) < 4.78 is 13.2. The number of nitrogens with one attached hydrogen (secondary N) is 1. The van der Waals surface area contributed by atoms with Crippen molar-refractivity contribution in [1.29, 1.82) is 0 Å². The highest BCUT2D eigenvalue weighted by Crippen LogP contribution is 2.19. The number of halogens is 1. The maximum absolute atomic E-state index is 13.2. The molecule has 0 bridgehead atoms. The van der Waals surface area contributed by atoms with Crippen LogP contribution in [-0.4, -0.2) is 6.54 Å². The molecule has 1 N–H and O–H groups in total. The molecular weight excluding hydrogens is 249 g/mol. The number of aryl methyl sites for hydroxylation is 1. The normalized spacial score (nSPS) is 12.3. The molecule has 106 valence electrons.